The summed E-state index contributed by atoms with van der Waals surface area (Å²) in [7, 11) is 1.30. The summed E-state index contributed by atoms with van der Waals surface area (Å²) in [5.41, 5.74) is 7.41. The lowest BCUT2D eigenvalue weighted by Crippen LogP contribution is -2.33. The molecule has 0 aliphatic heterocycles. The van der Waals surface area contributed by atoms with Crippen molar-refractivity contribution in [3.8, 4) is 5.75 Å². The predicted octanol–water partition coefficient (Wildman–Crippen LogP) is 0.997. The molecular weight excluding hydrogens is 206 g/mol. The van der Waals surface area contributed by atoms with Crippen LogP contribution in [0.5, 0.6) is 5.75 Å². The number of phenols is 1. The highest BCUT2D eigenvalue weighted by molar-refractivity contribution is 5.75. The van der Waals surface area contributed by atoms with Crippen LogP contribution >= 0.6 is 0 Å². The molecule has 1 atom stereocenters. The number of carbonyl (C=O) groups excluding carboxylic acids is 1. The molecule has 1 unspecified atom stereocenters. The van der Waals surface area contributed by atoms with Gasteiger partial charge in [-0.1, -0.05) is 19.1 Å². The molecule has 0 aliphatic carbocycles. The van der Waals surface area contributed by atoms with Crippen LogP contribution in [0.2, 0.25) is 0 Å². The molecule has 0 fully saturated rings. The van der Waals surface area contributed by atoms with Gasteiger partial charge < -0.3 is 15.6 Å². The number of rotatable bonds is 4. The Labute approximate surface area is 95.0 Å². The van der Waals surface area contributed by atoms with Crippen molar-refractivity contribution in [2.75, 3.05) is 7.11 Å². The van der Waals surface area contributed by atoms with Crippen LogP contribution in [0.1, 0.15) is 18.1 Å². The number of aromatic hydroxyl groups is 1. The molecule has 1 aromatic carbocycles. The number of carbonyl (C=O) groups is 1. The molecule has 1 rings (SSSR count). The molecule has 1 aromatic rings. The van der Waals surface area contributed by atoms with Gasteiger partial charge in [0.05, 0.1) is 7.11 Å². The van der Waals surface area contributed by atoms with Crippen LogP contribution in [-0.4, -0.2) is 24.2 Å². The van der Waals surface area contributed by atoms with Crippen molar-refractivity contribution in [1.82, 2.24) is 0 Å². The number of benzene rings is 1. The van der Waals surface area contributed by atoms with Crippen LogP contribution in [0, 0.1) is 0 Å². The van der Waals surface area contributed by atoms with E-state index in [-0.39, 0.29) is 12.2 Å². The number of hydrogen-bond donors (Lipinski definition) is 2. The fourth-order valence-electron chi connectivity index (χ4n) is 1.49. The molecule has 0 heterocycles. The Balaban J connectivity index is 2.83. The fourth-order valence-corrected chi connectivity index (χ4v) is 1.49. The third kappa shape index (κ3) is 2.97. The van der Waals surface area contributed by atoms with E-state index in [4.69, 9.17) is 5.73 Å². The number of nitrogens with two attached hydrogens (primary N) is 1. The normalized spacial score (nSPS) is 12.2. The van der Waals surface area contributed by atoms with Gasteiger partial charge in [0.15, 0.2) is 0 Å². The third-order valence-electron chi connectivity index (χ3n) is 2.50. The van der Waals surface area contributed by atoms with Crippen molar-refractivity contribution >= 4 is 5.97 Å². The van der Waals surface area contributed by atoms with E-state index in [1.54, 1.807) is 6.07 Å². The molecule has 88 valence electrons. The number of aryl methyl sites for hydroxylation is 1. The van der Waals surface area contributed by atoms with E-state index in [1.807, 2.05) is 19.1 Å². The minimum absolute atomic E-state index is 0.163. The van der Waals surface area contributed by atoms with Crippen molar-refractivity contribution in [2.24, 2.45) is 5.73 Å². The molecule has 16 heavy (non-hydrogen) atoms. The molecule has 4 heteroatoms. The first-order valence-electron chi connectivity index (χ1n) is 5.22. The predicted molar refractivity (Wildman–Crippen MR) is 61.2 cm³/mol. The first-order chi connectivity index (χ1) is 7.58. The molecular formula is C12H17NO3. The Kier molecular flexibility index (Phi) is 4.31. The first kappa shape index (κ1) is 12.5. The Morgan fingerprint density at radius 1 is 1.56 bits per heavy atom. The maximum Gasteiger partial charge on any atom is 0.322 e. The van der Waals surface area contributed by atoms with Gasteiger partial charge in [-0.2, -0.15) is 0 Å². The van der Waals surface area contributed by atoms with E-state index in [0.29, 0.717) is 5.56 Å². The number of methoxy groups -OCH3 is 1. The van der Waals surface area contributed by atoms with Crippen LogP contribution in [0.15, 0.2) is 18.2 Å². The first-order valence-corrected chi connectivity index (χ1v) is 5.22. The van der Waals surface area contributed by atoms with Crippen molar-refractivity contribution in [3.05, 3.63) is 29.3 Å². The number of ether oxygens (including phenoxy) is 1. The maximum atomic E-state index is 11.2. The lowest BCUT2D eigenvalue weighted by molar-refractivity contribution is -0.142. The van der Waals surface area contributed by atoms with Crippen LogP contribution in [-0.2, 0) is 22.4 Å². The lowest BCUT2D eigenvalue weighted by Gasteiger charge is -2.11. The second-order valence-corrected chi connectivity index (χ2v) is 3.65. The SMILES string of the molecule is CCc1ccc(O)c(CC(N)C(=O)OC)c1. The highest BCUT2D eigenvalue weighted by Gasteiger charge is 2.16. The minimum Gasteiger partial charge on any atom is -0.508 e. The standard InChI is InChI=1S/C12H17NO3/c1-3-8-4-5-11(14)9(6-8)7-10(13)12(15)16-2/h4-6,10,14H,3,7,13H2,1-2H3. The summed E-state index contributed by atoms with van der Waals surface area (Å²) >= 11 is 0. The highest BCUT2D eigenvalue weighted by Crippen LogP contribution is 2.20. The lowest BCUT2D eigenvalue weighted by atomic mass is 10.0. The summed E-state index contributed by atoms with van der Waals surface area (Å²) in [6, 6.07) is 4.60. The summed E-state index contributed by atoms with van der Waals surface area (Å²) in [4.78, 5) is 11.2. The zero-order valence-electron chi connectivity index (χ0n) is 9.56. The van der Waals surface area contributed by atoms with Crippen molar-refractivity contribution in [2.45, 2.75) is 25.8 Å². The second kappa shape index (κ2) is 5.51. The summed E-state index contributed by atoms with van der Waals surface area (Å²) in [6.45, 7) is 2.02. The number of esters is 1. The molecule has 4 nitrogen and oxygen atoms in total. The van der Waals surface area contributed by atoms with Gasteiger partial charge in [-0.3, -0.25) is 4.79 Å². The molecule has 0 saturated carbocycles. The Morgan fingerprint density at radius 2 is 2.25 bits per heavy atom. The van der Waals surface area contributed by atoms with E-state index < -0.39 is 12.0 Å². The molecule has 0 radical (unpaired) electrons. The zero-order valence-corrected chi connectivity index (χ0v) is 9.56. The quantitative estimate of drug-likeness (QED) is 0.747. The number of hydrogen-bond acceptors (Lipinski definition) is 4. The fraction of sp³-hybridized carbons (Fsp3) is 0.417. The van der Waals surface area contributed by atoms with Gasteiger partial charge in [0.1, 0.15) is 11.8 Å². The Bertz CT molecular complexity index is 377. The highest BCUT2D eigenvalue weighted by atomic mass is 16.5. The van der Waals surface area contributed by atoms with Crippen LogP contribution in [0.4, 0.5) is 0 Å². The minimum atomic E-state index is -0.733. The average molecular weight is 223 g/mol. The van der Waals surface area contributed by atoms with Crippen LogP contribution in [0.3, 0.4) is 0 Å². The van der Waals surface area contributed by atoms with E-state index in [1.165, 1.54) is 7.11 Å². The summed E-state index contributed by atoms with van der Waals surface area (Å²) in [6.07, 6.45) is 1.16. The van der Waals surface area contributed by atoms with Crippen LogP contribution in [0.25, 0.3) is 0 Å². The van der Waals surface area contributed by atoms with Gasteiger partial charge in [0, 0.05) is 6.42 Å². The zero-order chi connectivity index (χ0) is 12.1. The van der Waals surface area contributed by atoms with Gasteiger partial charge >= 0.3 is 5.97 Å². The van der Waals surface area contributed by atoms with E-state index in [9.17, 15) is 9.90 Å². The number of phenolic OH excluding ortho intramolecular Hbond substituents is 1. The molecule has 0 aliphatic rings. The van der Waals surface area contributed by atoms with Gasteiger partial charge in [0.25, 0.3) is 0 Å². The second-order valence-electron chi connectivity index (χ2n) is 3.65. The van der Waals surface area contributed by atoms with Crippen molar-refractivity contribution < 1.29 is 14.6 Å². The van der Waals surface area contributed by atoms with Gasteiger partial charge in [0.2, 0.25) is 0 Å². The molecule has 0 bridgehead atoms. The Hall–Kier alpha value is -1.55. The van der Waals surface area contributed by atoms with Crippen molar-refractivity contribution in [3.63, 3.8) is 0 Å². The molecule has 0 spiro atoms. The summed E-state index contributed by atoms with van der Waals surface area (Å²) < 4.78 is 4.54. The molecule has 0 aromatic heterocycles. The molecule has 0 saturated heterocycles. The van der Waals surface area contributed by atoms with Gasteiger partial charge in [-0.15, -0.1) is 0 Å². The Morgan fingerprint density at radius 3 is 2.81 bits per heavy atom. The van der Waals surface area contributed by atoms with Crippen LogP contribution < -0.4 is 5.73 Å². The van der Waals surface area contributed by atoms with E-state index >= 15 is 0 Å². The maximum absolute atomic E-state index is 11.2. The van der Waals surface area contributed by atoms with Crippen molar-refractivity contribution in [1.29, 1.82) is 0 Å². The monoisotopic (exact) mass is 223 g/mol. The van der Waals surface area contributed by atoms with Gasteiger partial charge in [-0.25, -0.2) is 0 Å². The van der Waals surface area contributed by atoms with Gasteiger partial charge in [-0.05, 0) is 23.6 Å². The van der Waals surface area contributed by atoms with E-state index in [2.05, 4.69) is 4.74 Å². The smallest absolute Gasteiger partial charge is 0.322 e. The topological polar surface area (TPSA) is 72.5 Å². The molecule has 0 amide bonds. The average Bonchev–Trinajstić information content (AvgIpc) is 2.30. The summed E-state index contributed by atoms with van der Waals surface area (Å²) in [5, 5.41) is 9.63. The largest absolute Gasteiger partial charge is 0.508 e. The molecule has 3 N–H and O–H groups in total. The van der Waals surface area contributed by atoms with E-state index in [0.717, 1.165) is 12.0 Å². The third-order valence-corrected chi connectivity index (χ3v) is 2.50. The summed E-state index contributed by atoms with van der Waals surface area (Å²) in [5.74, 6) is -0.308.